The summed E-state index contributed by atoms with van der Waals surface area (Å²) in [7, 11) is 0. The van der Waals surface area contributed by atoms with Gasteiger partial charge in [-0.25, -0.2) is 0 Å². The topological polar surface area (TPSA) is 29.1 Å². The molecule has 0 aliphatic carbocycles. The normalized spacial score (nSPS) is 20.5. The maximum absolute atomic E-state index is 12.6. The Morgan fingerprint density at radius 3 is 2.74 bits per heavy atom. The van der Waals surface area contributed by atoms with Gasteiger partial charge < -0.3 is 5.32 Å². The van der Waals surface area contributed by atoms with Gasteiger partial charge in [0.2, 0.25) is 0 Å². The number of hydrogen-bond acceptors (Lipinski definition) is 3. The van der Waals surface area contributed by atoms with Gasteiger partial charge in [-0.3, -0.25) is 4.79 Å². The number of aryl methyl sites for hydroxylation is 1. The lowest BCUT2D eigenvalue weighted by molar-refractivity contribution is -0.129. The molecule has 0 aromatic carbocycles. The van der Waals surface area contributed by atoms with Crippen LogP contribution in [0.3, 0.4) is 0 Å². The summed E-state index contributed by atoms with van der Waals surface area (Å²) in [6.45, 7) is 8.51. The fourth-order valence-electron chi connectivity index (χ4n) is 2.79. The second-order valence-electron chi connectivity index (χ2n) is 6.09. The zero-order valence-corrected chi connectivity index (χ0v) is 13.1. The molecule has 2 nitrogen and oxygen atoms in total. The van der Waals surface area contributed by atoms with Crippen LogP contribution >= 0.6 is 11.3 Å². The molecule has 0 saturated carbocycles. The maximum atomic E-state index is 12.6. The predicted molar refractivity (Wildman–Crippen MR) is 81.8 cm³/mol. The molecule has 19 heavy (non-hydrogen) atoms. The quantitative estimate of drug-likeness (QED) is 0.894. The second kappa shape index (κ2) is 6.19. The van der Waals surface area contributed by atoms with E-state index in [0.717, 1.165) is 19.5 Å². The molecule has 1 aromatic rings. The fourth-order valence-corrected chi connectivity index (χ4v) is 3.75. The smallest absolute Gasteiger partial charge is 0.143 e. The molecule has 106 valence electrons. The van der Waals surface area contributed by atoms with Gasteiger partial charge in [0.25, 0.3) is 0 Å². The Labute approximate surface area is 120 Å². The van der Waals surface area contributed by atoms with Crippen molar-refractivity contribution in [2.75, 3.05) is 13.1 Å². The van der Waals surface area contributed by atoms with Gasteiger partial charge in [0.15, 0.2) is 0 Å². The van der Waals surface area contributed by atoms with Crippen LogP contribution in [0.1, 0.15) is 43.4 Å². The van der Waals surface area contributed by atoms with E-state index < -0.39 is 0 Å². The molecule has 1 unspecified atom stereocenters. The van der Waals surface area contributed by atoms with Gasteiger partial charge >= 0.3 is 0 Å². The van der Waals surface area contributed by atoms with Crippen LogP contribution in [0.2, 0.25) is 0 Å². The summed E-state index contributed by atoms with van der Waals surface area (Å²) in [5.41, 5.74) is -0.205. The van der Waals surface area contributed by atoms with E-state index in [0.29, 0.717) is 18.1 Å². The standard InChI is InChI=1S/C16H25NOS/c1-4-13-7-8-14(19-13)10-15(18)16(2,3)12-6-5-9-17-11-12/h7-8,12,17H,4-6,9-11H2,1-3H3. The highest BCUT2D eigenvalue weighted by Gasteiger charge is 2.36. The van der Waals surface area contributed by atoms with Crippen molar-refractivity contribution in [3.63, 3.8) is 0 Å². The van der Waals surface area contributed by atoms with Crippen LogP contribution in [0.25, 0.3) is 0 Å². The van der Waals surface area contributed by atoms with Crippen LogP contribution in [-0.2, 0) is 17.6 Å². The lowest BCUT2D eigenvalue weighted by atomic mass is 9.71. The van der Waals surface area contributed by atoms with Crippen molar-refractivity contribution in [2.24, 2.45) is 11.3 Å². The van der Waals surface area contributed by atoms with Crippen molar-refractivity contribution in [1.29, 1.82) is 0 Å². The van der Waals surface area contributed by atoms with Gasteiger partial charge in [-0.15, -0.1) is 11.3 Å². The average Bonchev–Trinajstić information content (AvgIpc) is 2.87. The number of rotatable bonds is 5. The Morgan fingerprint density at radius 1 is 1.42 bits per heavy atom. The molecular weight excluding hydrogens is 254 g/mol. The minimum absolute atomic E-state index is 0.205. The van der Waals surface area contributed by atoms with Crippen molar-refractivity contribution < 1.29 is 4.79 Å². The maximum Gasteiger partial charge on any atom is 0.143 e. The summed E-state index contributed by atoms with van der Waals surface area (Å²) in [4.78, 5) is 15.2. The number of carbonyl (C=O) groups is 1. The van der Waals surface area contributed by atoms with E-state index in [-0.39, 0.29) is 5.41 Å². The van der Waals surface area contributed by atoms with Gasteiger partial charge in [0.05, 0.1) is 0 Å². The summed E-state index contributed by atoms with van der Waals surface area (Å²) in [5.74, 6) is 0.880. The number of nitrogens with one attached hydrogen (secondary N) is 1. The highest BCUT2D eigenvalue weighted by molar-refractivity contribution is 7.12. The number of carbonyl (C=O) groups excluding carboxylic acids is 1. The van der Waals surface area contributed by atoms with Crippen molar-refractivity contribution in [2.45, 2.75) is 46.5 Å². The lowest BCUT2D eigenvalue weighted by Crippen LogP contribution is -2.43. The number of piperidine rings is 1. The lowest BCUT2D eigenvalue weighted by Gasteiger charge is -2.36. The first-order valence-electron chi connectivity index (χ1n) is 7.35. The molecule has 0 bridgehead atoms. The van der Waals surface area contributed by atoms with Gasteiger partial charge in [-0.2, -0.15) is 0 Å². The molecule has 1 N–H and O–H groups in total. The van der Waals surface area contributed by atoms with Crippen LogP contribution in [-0.4, -0.2) is 18.9 Å². The number of hydrogen-bond donors (Lipinski definition) is 1. The molecule has 2 rings (SSSR count). The largest absolute Gasteiger partial charge is 0.316 e. The van der Waals surface area contributed by atoms with Crippen LogP contribution in [0, 0.1) is 11.3 Å². The van der Waals surface area contributed by atoms with Crippen LogP contribution in [0.4, 0.5) is 0 Å². The van der Waals surface area contributed by atoms with E-state index >= 15 is 0 Å². The highest BCUT2D eigenvalue weighted by atomic mass is 32.1. The SMILES string of the molecule is CCc1ccc(CC(=O)C(C)(C)C2CCCNC2)s1. The third kappa shape index (κ3) is 3.46. The molecule has 0 amide bonds. The van der Waals surface area contributed by atoms with Gasteiger partial charge in [-0.1, -0.05) is 20.8 Å². The van der Waals surface area contributed by atoms with Crippen LogP contribution in [0.15, 0.2) is 12.1 Å². The number of thiophene rings is 1. The summed E-state index contributed by atoms with van der Waals surface area (Å²) >= 11 is 1.79. The molecule has 0 spiro atoms. The van der Waals surface area contributed by atoms with Crippen molar-refractivity contribution in [3.8, 4) is 0 Å². The molecule has 1 atom stereocenters. The Bertz CT molecular complexity index is 430. The Hall–Kier alpha value is -0.670. The monoisotopic (exact) mass is 279 g/mol. The second-order valence-corrected chi connectivity index (χ2v) is 7.34. The van der Waals surface area contributed by atoms with E-state index in [1.165, 1.54) is 22.6 Å². The molecule has 1 saturated heterocycles. The van der Waals surface area contributed by atoms with E-state index in [1.807, 2.05) is 0 Å². The van der Waals surface area contributed by atoms with Gasteiger partial charge in [-0.05, 0) is 50.4 Å². The molecule has 1 aromatic heterocycles. The number of Topliss-reactive ketones (excluding diaryl/α,β-unsaturated/α-hetero) is 1. The predicted octanol–water partition coefficient (Wildman–Crippen LogP) is 3.45. The van der Waals surface area contributed by atoms with Crippen molar-refractivity contribution in [1.82, 2.24) is 5.32 Å². The first kappa shape index (κ1) is 14.7. The summed E-state index contributed by atoms with van der Waals surface area (Å²) < 4.78 is 0. The van der Waals surface area contributed by atoms with E-state index in [4.69, 9.17) is 0 Å². The average molecular weight is 279 g/mol. The highest BCUT2D eigenvalue weighted by Crippen LogP contribution is 2.34. The zero-order chi connectivity index (χ0) is 13.9. The molecule has 2 heterocycles. The molecule has 1 aliphatic heterocycles. The van der Waals surface area contributed by atoms with Gasteiger partial charge in [0.1, 0.15) is 5.78 Å². The Morgan fingerprint density at radius 2 is 2.16 bits per heavy atom. The first-order chi connectivity index (χ1) is 9.04. The Balaban J connectivity index is 2.00. The zero-order valence-electron chi connectivity index (χ0n) is 12.3. The van der Waals surface area contributed by atoms with Crippen molar-refractivity contribution >= 4 is 17.1 Å². The minimum Gasteiger partial charge on any atom is -0.316 e. The first-order valence-corrected chi connectivity index (χ1v) is 8.17. The summed E-state index contributed by atoms with van der Waals surface area (Å²) in [6.07, 6.45) is 4.04. The fraction of sp³-hybridized carbons (Fsp3) is 0.688. The minimum atomic E-state index is -0.205. The number of ketones is 1. The van der Waals surface area contributed by atoms with Gasteiger partial charge in [0, 0.05) is 21.6 Å². The Kier molecular flexibility index (Phi) is 4.80. The third-order valence-electron chi connectivity index (χ3n) is 4.44. The van der Waals surface area contributed by atoms with Crippen LogP contribution < -0.4 is 5.32 Å². The molecule has 3 heteroatoms. The van der Waals surface area contributed by atoms with E-state index in [2.05, 4.69) is 38.2 Å². The third-order valence-corrected chi connectivity index (χ3v) is 5.67. The summed E-state index contributed by atoms with van der Waals surface area (Å²) in [6, 6.07) is 4.28. The molecule has 1 fully saturated rings. The van der Waals surface area contributed by atoms with E-state index in [9.17, 15) is 4.79 Å². The molecular formula is C16H25NOS. The van der Waals surface area contributed by atoms with Crippen LogP contribution in [0.5, 0.6) is 0 Å². The molecule has 0 radical (unpaired) electrons. The van der Waals surface area contributed by atoms with Crippen molar-refractivity contribution in [3.05, 3.63) is 21.9 Å². The molecule has 1 aliphatic rings. The summed E-state index contributed by atoms with van der Waals surface area (Å²) in [5, 5.41) is 3.42. The van der Waals surface area contributed by atoms with E-state index in [1.54, 1.807) is 11.3 Å².